The summed E-state index contributed by atoms with van der Waals surface area (Å²) in [6.07, 6.45) is 1.49. The average Bonchev–Trinajstić information content (AvgIpc) is 3.10. The molecule has 0 saturated carbocycles. The van der Waals surface area contributed by atoms with Crippen molar-refractivity contribution in [1.82, 2.24) is 10.2 Å². The normalized spacial score (nSPS) is 10.5. The minimum absolute atomic E-state index is 0.279. The quantitative estimate of drug-likeness (QED) is 0.770. The van der Waals surface area contributed by atoms with Crippen LogP contribution in [0.5, 0.6) is 11.6 Å². The van der Waals surface area contributed by atoms with Crippen LogP contribution >= 0.6 is 0 Å². The lowest BCUT2D eigenvalue weighted by Gasteiger charge is -2.06. The summed E-state index contributed by atoms with van der Waals surface area (Å²) in [5.74, 6) is 1.17. The van der Waals surface area contributed by atoms with Gasteiger partial charge >= 0.3 is 0 Å². The van der Waals surface area contributed by atoms with Gasteiger partial charge in [-0.25, -0.2) is 0 Å². The third kappa shape index (κ3) is 3.01. The van der Waals surface area contributed by atoms with Crippen molar-refractivity contribution in [2.75, 3.05) is 5.32 Å². The van der Waals surface area contributed by atoms with Crippen molar-refractivity contribution in [2.45, 2.75) is 13.8 Å². The fourth-order valence-electron chi connectivity index (χ4n) is 1.97. The molecule has 0 saturated heterocycles. The molecule has 3 aromatic rings. The number of H-pyrrole nitrogens is 1. The third-order valence-corrected chi connectivity index (χ3v) is 3.09. The Morgan fingerprint density at radius 1 is 1.23 bits per heavy atom. The summed E-state index contributed by atoms with van der Waals surface area (Å²) in [5, 5.41) is 9.57. The number of furan rings is 1. The molecule has 2 heterocycles. The van der Waals surface area contributed by atoms with Crippen molar-refractivity contribution < 1.29 is 13.9 Å². The molecule has 0 bridgehead atoms. The van der Waals surface area contributed by atoms with Gasteiger partial charge in [0.1, 0.15) is 5.75 Å². The molecule has 2 N–H and O–H groups in total. The third-order valence-electron chi connectivity index (χ3n) is 3.09. The van der Waals surface area contributed by atoms with E-state index in [1.807, 2.05) is 13.8 Å². The first kappa shape index (κ1) is 13.9. The number of carbonyl (C=O) groups excluding carboxylic acids is 1. The predicted molar refractivity (Wildman–Crippen MR) is 81.2 cm³/mol. The van der Waals surface area contributed by atoms with Gasteiger partial charge in [-0.3, -0.25) is 9.89 Å². The van der Waals surface area contributed by atoms with E-state index in [9.17, 15) is 4.79 Å². The van der Waals surface area contributed by atoms with E-state index in [1.54, 1.807) is 36.4 Å². The molecule has 1 amide bonds. The number of nitrogens with one attached hydrogen (secondary N) is 2. The van der Waals surface area contributed by atoms with E-state index >= 15 is 0 Å². The second-order valence-corrected chi connectivity index (χ2v) is 4.90. The molecule has 0 atom stereocenters. The van der Waals surface area contributed by atoms with Gasteiger partial charge in [0.05, 0.1) is 6.26 Å². The highest BCUT2D eigenvalue weighted by Gasteiger charge is 2.12. The maximum Gasteiger partial charge on any atom is 0.291 e. The van der Waals surface area contributed by atoms with Gasteiger partial charge in [-0.1, -0.05) is 0 Å². The summed E-state index contributed by atoms with van der Waals surface area (Å²) in [5.41, 5.74) is 2.38. The number of benzene rings is 1. The van der Waals surface area contributed by atoms with Gasteiger partial charge < -0.3 is 14.5 Å². The number of hydrogen-bond donors (Lipinski definition) is 2. The number of aromatic nitrogens is 2. The summed E-state index contributed by atoms with van der Waals surface area (Å²) in [7, 11) is 0. The number of carbonyl (C=O) groups is 1. The Kier molecular flexibility index (Phi) is 3.65. The lowest BCUT2D eigenvalue weighted by Crippen LogP contribution is -2.11. The number of hydrogen-bond acceptors (Lipinski definition) is 4. The monoisotopic (exact) mass is 297 g/mol. The zero-order chi connectivity index (χ0) is 15.5. The van der Waals surface area contributed by atoms with Crippen molar-refractivity contribution in [1.29, 1.82) is 0 Å². The molecule has 1 aromatic carbocycles. The van der Waals surface area contributed by atoms with E-state index in [1.165, 1.54) is 6.26 Å². The summed E-state index contributed by atoms with van der Waals surface area (Å²) >= 11 is 0. The number of nitrogens with zero attached hydrogens (tertiary/aromatic N) is 1. The molecule has 3 rings (SSSR count). The fraction of sp³-hybridized carbons (Fsp3) is 0.125. The number of rotatable bonds is 4. The molecule has 0 aliphatic carbocycles. The molecule has 6 nitrogen and oxygen atoms in total. The molecule has 0 spiro atoms. The second kappa shape index (κ2) is 5.77. The summed E-state index contributed by atoms with van der Waals surface area (Å²) in [6, 6.07) is 10.6. The number of amides is 1. The Hall–Kier alpha value is -3.02. The van der Waals surface area contributed by atoms with Gasteiger partial charge in [0.15, 0.2) is 5.76 Å². The van der Waals surface area contributed by atoms with Gasteiger partial charge in [0, 0.05) is 23.0 Å². The first-order chi connectivity index (χ1) is 10.6. The van der Waals surface area contributed by atoms with Crippen LogP contribution in [0.15, 0.2) is 47.1 Å². The number of aryl methyl sites for hydroxylation is 2. The van der Waals surface area contributed by atoms with Crippen molar-refractivity contribution in [3.05, 3.63) is 59.7 Å². The molecule has 6 heteroatoms. The minimum Gasteiger partial charge on any atom is -0.459 e. The fourth-order valence-corrected chi connectivity index (χ4v) is 1.97. The summed E-state index contributed by atoms with van der Waals surface area (Å²) in [6.45, 7) is 3.72. The number of anilines is 1. The predicted octanol–water partition coefficient (Wildman–Crippen LogP) is 3.66. The Balaban J connectivity index is 1.66. The smallest absolute Gasteiger partial charge is 0.291 e. The van der Waals surface area contributed by atoms with Crippen LogP contribution in [-0.2, 0) is 0 Å². The standard InChI is InChI=1S/C16H15N3O3/c1-10-7-8-21-15(10)16(20)17-12-3-5-13(6-4-12)22-14-9-11(2)18-19-14/h3-9H,1-2H3,(H,17,20)(H,18,19). The first-order valence-electron chi connectivity index (χ1n) is 6.77. The minimum atomic E-state index is -0.279. The van der Waals surface area contributed by atoms with Crippen molar-refractivity contribution in [3.8, 4) is 11.6 Å². The van der Waals surface area contributed by atoms with Crippen LogP contribution in [0.2, 0.25) is 0 Å². The van der Waals surface area contributed by atoms with Crippen molar-refractivity contribution >= 4 is 11.6 Å². The van der Waals surface area contributed by atoms with Crippen molar-refractivity contribution in [3.63, 3.8) is 0 Å². The zero-order valence-corrected chi connectivity index (χ0v) is 12.2. The van der Waals surface area contributed by atoms with Crippen LogP contribution < -0.4 is 10.1 Å². The van der Waals surface area contributed by atoms with E-state index in [0.29, 0.717) is 23.1 Å². The Morgan fingerprint density at radius 2 is 2.00 bits per heavy atom. The summed E-state index contributed by atoms with van der Waals surface area (Å²) < 4.78 is 10.7. The highest BCUT2D eigenvalue weighted by Crippen LogP contribution is 2.22. The molecule has 0 aliphatic heterocycles. The Morgan fingerprint density at radius 3 is 2.59 bits per heavy atom. The second-order valence-electron chi connectivity index (χ2n) is 4.90. The van der Waals surface area contributed by atoms with Gasteiger partial charge in [-0.05, 0) is 44.2 Å². The topological polar surface area (TPSA) is 80.2 Å². The summed E-state index contributed by atoms with van der Waals surface area (Å²) in [4.78, 5) is 12.0. The van der Waals surface area contributed by atoms with Gasteiger partial charge in [0.25, 0.3) is 5.91 Å². The molecular formula is C16H15N3O3. The van der Waals surface area contributed by atoms with Crippen LogP contribution in [0.1, 0.15) is 21.8 Å². The van der Waals surface area contributed by atoms with Crippen LogP contribution in [-0.4, -0.2) is 16.1 Å². The maximum absolute atomic E-state index is 12.0. The van der Waals surface area contributed by atoms with Gasteiger partial charge in [-0.2, -0.15) is 0 Å². The molecular weight excluding hydrogens is 282 g/mol. The molecule has 0 fully saturated rings. The molecule has 0 radical (unpaired) electrons. The number of aromatic amines is 1. The highest BCUT2D eigenvalue weighted by atomic mass is 16.5. The van der Waals surface area contributed by atoms with E-state index in [2.05, 4.69) is 15.5 Å². The highest BCUT2D eigenvalue weighted by molar-refractivity contribution is 6.03. The maximum atomic E-state index is 12.0. The molecule has 0 aliphatic rings. The van der Waals surface area contributed by atoms with E-state index < -0.39 is 0 Å². The first-order valence-corrected chi connectivity index (χ1v) is 6.77. The van der Waals surface area contributed by atoms with Crippen molar-refractivity contribution in [2.24, 2.45) is 0 Å². The number of ether oxygens (including phenoxy) is 1. The van der Waals surface area contributed by atoms with Crippen LogP contribution in [0, 0.1) is 13.8 Å². The van der Waals surface area contributed by atoms with E-state index in [0.717, 1.165) is 11.3 Å². The van der Waals surface area contributed by atoms with Crippen LogP contribution in [0.25, 0.3) is 0 Å². The SMILES string of the molecule is Cc1cc(Oc2ccc(NC(=O)c3occc3C)cc2)n[nH]1. The Labute approximate surface area is 127 Å². The van der Waals surface area contributed by atoms with E-state index in [-0.39, 0.29) is 5.91 Å². The van der Waals surface area contributed by atoms with E-state index in [4.69, 9.17) is 9.15 Å². The zero-order valence-electron chi connectivity index (χ0n) is 12.2. The van der Waals surface area contributed by atoms with Crippen LogP contribution in [0.3, 0.4) is 0 Å². The van der Waals surface area contributed by atoms with Crippen LogP contribution in [0.4, 0.5) is 5.69 Å². The molecule has 0 unspecified atom stereocenters. The molecule has 112 valence electrons. The lowest BCUT2D eigenvalue weighted by molar-refractivity contribution is 0.0996. The largest absolute Gasteiger partial charge is 0.459 e. The average molecular weight is 297 g/mol. The van der Waals surface area contributed by atoms with Gasteiger partial charge in [0.2, 0.25) is 5.88 Å². The molecule has 2 aromatic heterocycles. The lowest BCUT2D eigenvalue weighted by atomic mass is 10.2. The molecule has 22 heavy (non-hydrogen) atoms. The Bertz CT molecular complexity index is 787. The van der Waals surface area contributed by atoms with Gasteiger partial charge in [-0.15, -0.1) is 5.10 Å².